The van der Waals surface area contributed by atoms with E-state index < -0.39 is 12.1 Å². The van der Waals surface area contributed by atoms with Gasteiger partial charge in [-0.1, -0.05) is 567 Å². The summed E-state index contributed by atoms with van der Waals surface area (Å²) in [6.07, 6.45) is 109. The fourth-order valence-electron chi connectivity index (χ4n) is 19.0. The minimum absolute atomic E-state index is 0.427. The normalized spacial score (nSPS) is 11.5. The second-order valence-electron chi connectivity index (χ2n) is 40.1. The van der Waals surface area contributed by atoms with E-state index in [1.165, 1.54) is 462 Å². The minimum atomic E-state index is -0.427. The Balaban J connectivity index is 1.58. The zero-order valence-corrected chi connectivity index (χ0v) is 87.7. The number of rotatable bonds is 100. The quantitative estimate of drug-likeness (QED) is 0.0321. The maximum absolute atomic E-state index is 14.8. The highest BCUT2D eigenvalue weighted by atomic mass is 16.5. The standard InChI is InChI=1S/C120H212N4O8/c1-7-13-19-25-31-37-43-49-55-61-67-73-79-85-97-127-112-103-108(104-113(128-98-86-80-74-68-62-56-50-44-38-32-26-20-14-8-2)117(112)131-101-89-83-77-71-65-59-53-47-41-35-29-23-17-11-5)121-119(125)123-110-95-91-93-107-94-92-96-111(116(107)110)124-120(126)122-109-105-114(129-99-87-81-75-69-63-57-51-45-39-33-27-21-15-9-3)118(132-102-90-84-78-72-66-60-54-48-42-36-30-24-18-12-6)115(106-109)130-100-88-82-76-70-64-58-52-46-40-34-28-22-16-10-4/h91-96,103-106H,7-90,97-102H2,1-6H3,(H2,121,123,125)(H2,122,124,126). The molecule has 0 spiro atoms. The van der Waals surface area contributed by atoms with Crippen LogP contribution in [-0.4, -0.2) is 51.7 Å². The molecular weight excluding hydrogens is 1630 g/mol. The summed E-state index contributed by atoms with van der Waals surface area (Å²) in [7, 11) is 0. The molecule has 0 aromatic heterocycles. The van der Waals surface area contributed by atoms with E-state index in [9.17, 15) is 9.59 Å². The van der Waals surface area contributed by atoms with Crippen LogP contribution in [0.3, 0.4) is 0 Å². The van der Waals surface area contributed by atoms with Crippen LogP contribution >= 0.6 is 0 Å². The SMILES string of the molecule is CCCCCCCCCCCCCCCCOc1cc(NC(=O)Nc2cccc3cccc(NC(=O)Nc4cc(OCCCCCCCCCCCCCCCC)c(OCCCCCCCCCCCCCCCC)c(OCCCCCCCCCCCCCCCC)c4)c23)cc(OCCCCCCCCCCCCCCCC)c1OCCCCCCCCCCCCCCCC. The molecule has 132 heavy (non-hydrogen) atoms. The largest absolute Gasteiger partial charge is 0.489 e. The zero-order chi connectivity index (χ0) is 93.9. The van der Waals surface area contributed by atoms with E-state index in [-0.39, 0.29) is 0 Å². The smallest absolute Gasteiger partial charge is 0.323 e. The lowest BCUT2D eigenvalue weighted by Crippen LogP contribution is -2.21. The van der Waals surface area contributed by atoms with Gasteiger partial charge in [0.25, 0.3) is 0 Å². The van der Waals surface area contributed by atoms with E-state index in [1.807, 2.05) is 60.7 Å². The van der Waals surface area contributed by atoms with Crippen molar-refractivity contribution in [2.45, 2.75) is 581 Å². The van der Waals surface area contributed by atoms with Crippen LogP contribution in [0.2, 0.25) is 0 Å². The monoisotopic (exact) mass is 1840 g/mol. The maximum Gasteiger partial charge on any atom is 0.323 e. The van der Waals surface area contributed by atoms with Crippen molar-refractivity contribution < 1.29 is 38.0 Å². The van der Waals surface area contributed by atoms with Crippen LogP contribution in [0.25, 0.3) is 10.8 Å². The van der Waals surface area contributed by atoms with E-state index in [2.05, 4.69) is 62.8 Å². The van der Waals surface area contributed by atoms with Gasteiger partial charge in [0.2, 0.25) is 11.5 Å². The average Bonchev–Trinajstić information content (AvgIpc) is 0.791. The topological polar surface area (TPSA) is 138 Å². The summed E-state index contributed by atoms with van der Waals surface area (Å²) in [6.45, 7) is 17.1. The third-order valence-electron chi connectivity index (χ3n) is 27.5. The molecule has 0 aliphatic heterocycles. The van der Waals surface area contributed by atoms with E-state index >= 15 is 0 Å². The highest BCUT2D eigenvalue weighted by molar-refractivity contribution is 6.14. The first-order valence-electron chi connectivity index (χ1n) is 58.2. The average molecular weight is 1840 g/mol. The molecule has 4 rings (SSSR count). The molecule has 12 heteroatoms. The van der Waals surface area contributed by atoms with Gasteiger partial charge < -0.3 is 49.7 Å². The van der Waals surface area contributed by atoms with E-state index in [4.69, 9.17) is 28.4 Å². The Bertz CT molecular complexity index is 2900. The molecule has 0 fully saturated rings. The number of hydrogen-bond donors (Lipinski definition) is 4. The van der Waals surface area contributed by atoms with Crippen LogP contribution in [0.4, 0.5) is 32.3 Å². The summed E-state index contributed by atoms with van der Waals surface area (Å²) in [4.78, 5) is 29.6. The first-order chi connectivity index (χ1) is 65.3. The summed E-state index contributed by atoms with van der Waals surface area (Å²) in [5.41, 5.74) is 2.21. The number of carbonyl (C=O) groups is 2. The minimum Gasteiger partial charge on any atom is -0.489 e. The van der Waals surface area contributed by atoms with Crippen LogP contribution < -0.4 is 49.7 Å². The van der Waals surface area contributed by atoms with E-state index in [0.29, 0.717) is 102 Å². The van der Waals surface area contributed by atoms with Crippen LogP contribution in [0.15, 0.2) is 60.7 Å². The number of fused-ring (bicyclic) bond motifs is 1. The number of unbranched alkanes of at least 4 members (excludes halogenated alkanes) is 78. The first-order valence-corrected chi connectivity index (χ1v) is 58.2. The van der Waals surface area contributed by atoms with Gasteiger partial charge >= 0.3 is 12.1 Å². The maximum atomic E-state index is 14.8. The summed E-state index contributed by atoms with van der Waals surface area (Å²) in [5.74, 6) is 3.65. The van der Waals surface area contributed by atoms with Gasteiger partial charge in [-0.2, -0.15) is 0 Å². The highest BCUT2D eigenvalue weighted by Crippen LogP contribution is 2.44. The molecule has 4 aromatic carbocycles. The van der Waals surface area contributed by atoms with Gasteiger partial charge in [0.15, 0.2) is 23.0 Å². The van der Waals surface area contributed by atoms with Gasteiger partial charge in [0.1, 0.15) is 0 Å². The summed E-state index contributed by atoms with van der Waals surface area (Å²) < 4.78 is 41.0. The van der Waals surface area contributed by atoms with Gasteiger partial charge in [-0.15, -0.1) is 0 Å². The molecular formula is C120H212N4O8. The number of nitrogens with one attached hydrogen (secondary N) is 4. The number of benzene rings is 4. The number of amides is 4. The molecule has 12 nitrogen and oxygen atoms in total. The van der Waals surface area contributed by atoms with E-state index in [1.54, 1.807) is 0 Å². The van der Waals surface area contributed by atoms with Crippen molar-refractivity contribution in [3.05, 3.63) is 60.7 Å². The lowest BCUT2D eigenvalue weighted by atomic mass is 10.0. The van der Waals surface area contributed by atoms with Crippen molar-refractivity contribution in [1.29, 1.82) is 0 Å². The Kier molecular flexibility index (Phi) is 81.5. The molecule has 0 unspecified atom stereocenters. The van der Waals surface area contributed by atoms with Crippen molar-refractivity contribution >= 4 is 45.6 Å². The second-order valence-corrected chi connectivity index (χ2v) is 40.1. The van der Waals surface area contributed by atoms with Crippen LogP contribution in [0, 0.1) is 0 Å². The number of anilines is 4. The van der Waals surface area contributed by atoms with Gasteiger partial charge in [-0.25, -0.2) is 9.59 Å². The third kappa shape index (κ3) is 66.9. The Morgan fingerprint density at radius 1 is 0.189 bits per heavy atom. The molecule has 0 heterocycles. The Hall–Kier alpha value is -5.52. The number of hydrogen-bond acceptors (Lipinski definition) is 8. The molecule has 0 aliphatic rings. The zero-order valence-electron chi connectivity index (χ0n) is 87.7. The van der Waals surface area contributed by atoms with Gasteiger partial charge in [0.05, 0.1) is 62.4 Å². The van der Waals surface area contributed by atoms with Gasteiger partial charge in [-0.3, -0.25) is 0 Å². The van der Waals surface area contributed by atoms with E-state index in [0.717, 1.165) is 82.4 Å². The third-order valence-corrected chi connectivity index (χ3v) is 27.5. The van der Waals surface area contributed by atoms with Crippen LogP contribution in [0.5, 0.6) is 34.5 Å². The molecule has 0 saturated carbocycles. The van der Waals surface area contributed by atoms with Crippen LogP contribution in [0.1, 0.15) is 581 Å². The second kappa shape index (κ2) is 90.6. The predicted molar refractivity (Wildman–Crippen MR) is 577 cm³/mol. The Morgan fingerprint density at radius 2 is 0.341 bits per heavy atom. The number of carbonyl (C=O) groups excluding carboxylic acids is 2. The number of ether oxygens (including phenoxy) is 6. The summed E-state index contributed by atoms with van der Waals surface area (Å²) >= 11 is 0. The van der Waals surface area contributed by atoms with Gasteiger partial charge in [-0.05, 0) is 56.0 Å². The molecule has 0 radical (unpaired) electrons. The fourth-order valence-corrected chi connectivity index (χ4v) is 19.0. The molecule has 0 atom stereocenters. The summed E-state index contributed by atoms with van der Waals surface area (Å²) in [6, 6.07) is 18.6. The lowest BCUT2D eigenvalue weighted by molar-refractivity contribution is 0.234. The molecule has 760 valence electrons. The van der Waals surface area contributed by atoms with Crippen molar-refractivity contribution in [3.8, 4) is 34.5 Å². The molecule has 0 saturated heterocycles. The Labute approximate surface area is 815 Å². The molecule has 4 amide bonds. The van der Waals surface area contributed by atoms with Crippen LogP contribution in [-0.2, 0) is 0 Å². The highest BCUT2D eigenvalue weighted by Gasteiger charge is 2.22. The number of urea groups is 2. The molecule has 4 N–H and O–H groups in total. The van der Waals surface area contributed by atoms with Crippen molar-refractivity contribution in [2.24, 2.45) is 0 Å². The van der Waals surface area contributed by atoms with Crippen molar-refractivity contribution in [2.75, 3.05) is 60.9 Å². The van der Waals surface area contributed by atoms with Crippen molar-refractivity contribution in [1.82, 2.24) is 0 Å². The Morgan fingerprint density at radius 3 is 0.508 bits per heavy atom. The lowest BCUT2D eigenvalue weighted by Gasteiger charge is -2.20. The molecule has 4 aromatic rings. The molecule has 0 aliphatic carbocycles. The summed E-state index contributed by atoms with van der Waals surface area (Å²) in [5, 5.41) is 14.5. The van der Waals surface area contributed by atoms with Crippen molar-refractivity contribution in [3.63, 3.8) is 0 Å². The molecule has 0 bridgehead atoms. The predicted octanol–water partition coefficient (Wildman–Crippen LogP) is 41.3. The van der Waals surface area contributed by atoms with Gasteiger partial charge in [0, 0.05) is 29.7 Å². The first kappa shape index (κ1) is 119. The fraction of sp³-hybridized carbons (Fsp3) is 0.800.